The van der Waals surface area contributed by atoms with Crippen molar-refractivity contribution in [2.45, 2.75) is 75.7 Å². The van der Waals surface area contributed by atoms with Crippen molar-refractivity contribution < 1.29 is 9.53 Å². The molecule has 33 heavy (non-hydrogen) atoms. The molecule has 0 aromatic heterocycles. The maximum absolute atomic E-state index is 12.8. The fraction of sp³-hybridized carbons (Fsp3) is 0.567. The predicted octanol–water partition coefficient (Wildman–Crippen LogP) is 7.27. The number of ketones is 1. The minimum absolute atomic E-state index is 0.0940. The van der Waals surface area contributed by atoms with Gasteiger partial charge in [0.2, 0.25) is 0 Å². The summed E-state index contributed by atoms with van der Waals surface area (Å²) in [6, 6.07) is 9.32. The van der Waals surface area contributed by atoms with Gasteiger partial charge < -0.3 is 4.74 Å². The maximum atomic E-state index is 12.8. The number of fused-ring (bicyclic) bond motifs is 5. The van der Waals surface area contributed by atoms with E-state index in [2.05, 4.69) is 63.4 Å². The molecule has 174 valence electrons. The first kappa shape index (κ1) is 21.9. The molecule has 3 heteroatoms. The van der Waals surface area contributed by atoms with Gasteiger partial charge in [-0.05, 0) is 91.5 Å². The van der Waals surface area contributed by atoms with Crippen LogP contribution in [0.4, 0.5) is 0 Å². The number of carbonyl (C=O) groups excluding carboxylic acids is 1. The molecule has 4 aliphatic carbocycles. The second-order valence-electron chi connectivity index (χ2n) is 11.9. The summed E-state index contributed by atoms with van der Waals surface area (Å²) in [5.41, 5.74) is 5.74. The Hall–Kier alpha value is -1.58. The number of allylic oxidation sites excluding steroid dienone is 4. The van der Waals surface area contributed by atoms with E-state index in [1.54, 1.807) is 5.57 Å². The molecule has 1 aromatic rings. The largest absolute Gasteiger partial charge is 0.366 e. The minimum Gasteiger partial charge on any atom is -0.366 e. The molecule has 1 aliphatic heterocycles. The molecule has 0 N–H and O–H groups in total. The average molecular weight is 461 g/mol. The third-order valence-electron chi connectivity index (χ3n) is 9.89. The molecular weight excluding hydrogens is 424 g/mol. The highest BCUT2D eigenvalue weighted by atomic mass is 32.2. The van der Waals surface area contributed by atoms with Crippen molar-refractivity contribution >= 4 is 17.5 Å². The zero-order chi connectivity index (χ0) is 23.0. The quantitative estimate of drug-likeness (QED) is 0.343. The van der Waals surface area contributed by atoms with Gasteiger partial charge in [0.05, 0.1) is 12.2 Å². The number of hydrogen-bond acceptors (Lipinski definition) is 3. The van der Waals surface area contributed by atoms with E-state index >= 15 is 0 Å². The van der Waals surface area contributed by atoms with Gasteiger partial charge in [-0.25, -0.2) is 0 Å². The first-order valence-corrected chi connectivity index (χ1v) is 13.9. The SMILES string of the molecule is CSc1ccc([C@H]2C[C@@]3(C)[C@@H](CCC34C=CCO4)[C@@H]3CCC4=CC(=O)C(C)(C)CC4=C32)cc1. The van der Waals surface area contributed by atoms with Crippen LogP contribution in [0.25, 0.3) is 0 Å². The van der Waals surface area contributed by atoms with E-state index in [9.17, 15) is 4.79 Å². The van der Waals surface area contributed by atoms with Gasteiger partial charge in [-0.1, -0.05) is 50.6 Å². The maximum Gasteiger partial charge on any atom is 0.161 e. The van der Waals surface area contributed by atoms with E-state index in [0.717, 1.165) is 32.3 Å². The Bertz CT molecular complexity index is 1090. The summed E-state index contributed by atoms with van der Waals surface area (Å²) in [6.07, 6.45) is 15.5. The predicted molar refractivity (Wildman–Crippen MR) is 135 cm³/mol. The van der Waals surface area contributed by atoms with E-state index in [1.165, 1.54) is 34.4 Å². The normalized spacial score (nSPS) is 38.8. The molecule has 1 heterocycles. The van der Waals surface area contributed by atoms with Crippen LogP contribution in [0.3, 0.4) is 0 Å². The Balaban J connectivity index is 1.53. The van der Waals surface area contributed by atoms with E-state index in [1.807, 2.05) is 17.8 Å². The lowest BCUT2D eigenvalue weighted by molar-refractivity contribution is -0.122. The molecule has 1 aromatic carbocycles. The van der Waals surface area contributed by atoms with Crippen LogP contribution in [0, 0.1) is 22.7 Å². The average Bonchev–Trinajstić information content (AvgIpc) is 3.40. The van der Waals surface area contributed by atoms with Crippen molar-refractivity contribution in [1.29, 1.82) is 0 Å². The molecular formula is C30H36O2S. The highest BCUT2D eigenvalue weighted by Gasteiger charge is 2.64. The number of ether oxygens (including phenoxy) is 1. The van der Waals surface area contributed by atoms with E-state index in [0.29, 0.717) is 23.5 Å². The van der Waals surface area contributed by atoms with Gasteiger partial charge >= 0.3 is 0 Å². The van der Waals surface area contributed by atoms with Crippen LogP contribution in [-0.4, -0.2) is 24.2 Å². The molecule has 0 radical (unpaired) electrons. The van der Waals surface area contributed by atoms with Gasteiger partial charge in [0.1, 0.15) is 0 Å². The van der Waals surface area contributed by atoms with E-state index in [-0.39, 0.29) is 16.4 Å². The summed E-state index contributed by atoms with van der Waals surface area (Å²) < 4.78 is 6.54. The second kappa shape index (κ2) is 7.46. The van der Waals surface area contributed by atoms with Gasteiger partial charge in [0.25, 0.3) is 0 Å². The third kappa shape index (κ3) is 3.07. The first-order valence-electron chi connectivity index (χ1n) is 12.7. The summed E-state index contributed by atoms with van der Waals surface area (Å²) in [5.74, 6) is 1.97. The Kier molecular flexibility index (Phi) is 4.95. The van der Waals surface area contributed by atoms with Gasteiger partial charge in [-0.2, -0.15) is 0 Å². The highest BCUT2D eigenvalue weighted by Crippen LogP contribution is 2.68. The van der Waals surface area contributed by atoms with Crippen LogP contribution < -0.4 is 0 Å². The Morgan fingerprint density at radius 1 is 1.09 bits per heavy atom. The number of thioether (sulfide) groups is 1. The van der Waals surface area contributed by atoms with E-state index in [4.69, 9.17) is 4.74 Å². The van der Waals surface area contributed by atoms with Crippen molar-refractivity contribution in [3.05, 3.63) is 64.8 Å². The van der Waals surface area contributed by atoms with Crippen molar-refractivity contribution in [3.8, 4) is 0 Å². The summed E-state index contributed by atoms with van der Waals surface area (Å²) in [5, 5.41) is 0. The molecule has 5 aliphatic rings. The number of carbonyl (C=O) groups is 1. The van der Waals surface area contributed by atoms with Crippen LogP contribution in [0.1, 0.15) is 70.8 Å². The standard InChI is InChI=1S/C30H36O2S/c1-28(2)17-23-20(16-26(28)31)8-11-22-25-12-14-30(13-5-15-32-30)29(25,3)18-24(27(22)23)19-6-9-21(33-4)10-7-19/h5-7,9-10,13,16,22,24-25H,8,11-12,14-15,17-18H2,1-4H3/t22-,24+,25-,29-,30?/m0/s1. The van der Waals surface area contributed by atoms with E-state index < -0.39 is 0 Å². The lowest BCUT2D eigenvalue weighted by Gasteiger charge is -2.55. The monoisotopic (exact) mass is 460 g/mol. The molecule has 0 saturated heterocycles. The minimum atomic E-state index is -0.296. The Morgan fingerprint density at radius 3 is 2.58 bits per heavy atom. The molecule has 2 fully saturated rings. The number of hydrogen-bond donors (Lipinski definition) is 0. The van der Waals surface area contributed by atoms with Crippen LogP contribution in [-0.2, 0) is 9.53 Å². The fourth-order valence-electron chi connectivity index (χ4n) is 8.09. The van der Waals surface area contributed by atoms with Gasteiger partial charge in [0.15, 0.2) is 5.78 Å². The van der Waals surface area contributed by atoms with Gasteiger partial charge in [-0.15, -0.1) is 11.8 Å². The Morgan fingerprint density at radius 2 is 1.88 bits per heavy atom. The third-order valence-corrected chi connectivity index (χ3v) is 10.6. The van der Waals surface area contributed by atoms with Gasteiger partial charge in [-0.3, -0.25) is 4.79 Å². The zero-order valence-electron chi connectivity index (χ0n) is 20.4. The Labute approximate surface area is 202 Å². The molecule has 1 spiro atoms. The summed E-state index contributed by atoms with van der Waals surface area (Å²) in [7, 11) is 0. The summed E-state index contributed by atoms with van der Waals surface area (Å²) >= 11 is 1.81. The first-order chi connectivity index (χ1) is 15.8. The summed E-state index contributed by atoms with van der Waals surface area (Å²) in [6.45, 7) is 7.56. The molecule has 5 atom stereocenters. The molecule has 2 nitrogen and oxygen atoms in total. The van der Waals surface area contributed by atoms with Crippen molar-refractivity contribution in [2.75, 3.05) is 12.9 Å². The molecule has 0 bridgehead atoms. The number of benzene rings is 1. The number of rotatable bonds is 2. The van der Waals surface area contributed by atoms with Crippen LogP contribution in [0.2, 0.25) is 0 Å². The lowest BCUT2D eigenvalue weighted by atomic mass is 9.50. The fourth-order valence-corrected chi connectivity index (χ4v) is 8.50. The van der Waals surface area contributed by atoms with Crippen LogP contribution in [0.5, 0.6) is 0 Å². The molecule has 2 saturated carbocycles. The van der Waals surface area contributed by atoms with Crippen molar-refractivity contribution in [1.82, 2.24) is 0 Å². The smallest absolute Gasteiger partial charge is 0.161 e. The highest BCUT2D eigenvalue weighted by molar-refractivity contribution is 7.98. The van der Waals surface area contributed by atoms with Crippen molar-refractivity contribution in [3.63, 3.8) is 0 Å². The summed E-state index contributed by atoms with van der Waals surface area (Å²) in [4.78, 5) is 14.2. The van der Waals surface area contributed by atoms with Crippen LogP contribution in [0.15, 0.2) is 64.1 Å². The lowest BCUT2D eigenvalue weighted by Crippen LogP contribution is -2.51. The van der Waals surface area contributed by atoms with Crippen LogP contribution >= 0.6 is 11.8 Å². The van der Waals surface area contributed by atoms with Gasteiger partial charge in [0, 0.05) is 21.6 Å². The van der Waals surface area contributed by atoms with Crippen molar-refractivity contribution in [2.24, 2.45) is 22.7 Å². The molecule has 1 unspecified atom stereocenters. The topological polar surface area (TPSA) is 26.3 Å². The second-order valence-corrected chi connectivity index (χ2v) is 12.7. The zero-order valence-corrected chi connectivity index (χ0v) is 21.3. The molecule has 0 amide bonds. The molecule has 6 rings (SSSR count).